The zero-order valence-electron chi connectivity index (χ0n) is 10.4. The van der Waals surface area contributed by atoms with Crippen molar-refractivity contribution in [3.8, 4) is 0 Å². The normalized spacial score (nSPS) is 23.5. The molecular formula is C12H19NO4. The van der Waals surface area contributed by atoms with Gasteiger partial charge in [0.2, 0.25) is 5.91 Å². The molecule has 0 radical (unpaired) electrons. The molecule has 17 heavy (non-hydrogen) atoms. The van der Waals surface area contributed by atoms with Gasteiger partial charge < -0.3 is 9.84 Å². The molecule has 0 spiro atoms. The summed E-state index contributed by atoms with van der Waals surface area (Å²) >= 11 is 0. The second kappa shape index (κ2) is 5.31. The quantitative estimate of drug-likeness (QED) is 0.750. The lowest BCUT2D eigenvalue weighted by atomic mass is 9.99. The fourth-order valence-corrected chi connectivity index (χ4v) is 1.75. The summed E-state index contributed by atoms with van der Waals surface area (Å²) in [6.45, 7) is 9.05. The van der Waals surface area contributed by atoms with E-state index < -0.39 is 24.0 Å². The Morgan fingerprint density at radius 1 is 1.59 bits per heavy atom. The molecule has 1 heterocycles. The highest BCUT2D eigenvalue weighted by atomic mass is 16.6. The molecule has 3 unspecified atom stereocenters. The van der Waals surface area contributed by atoms with E-state index in [-0.39, 0.29) is 18.6 Å². The Morgan fingerprint density at radius 3 is 2.65 bits per heavy atom. The summed E-state index contributed by atoms with van der Waals surface area (Å²) in [6.07, 6.45) is -0.297. The van der Waals surface area contributed by atoms with Crippen LogP contribution in [0.5, 0.6) is 0 Å². The third-order valence-electron chi connectivity index (χ3n) is 3.06. The Kier molecular flexibility index (Phi) is 4.28. The molecule has 1 fully saturated rings. The van der Waals surface area contributed by atoms with E-state index in [1.165, 1.54) is 6.08 Å². The van der Waals surface area contributed by atoms with Gasteiger partial charge in [0.1, 0.15) is 6.61 Å². The molecule has 0 saturated carbocycles. The summed E-state index contributed by atoms with van der Waals surface area (Å²) in [6, 6.07) is -0.255. The molecule has 1 saturated heterocycles. The number of aliphatic hydroxyl groups excluding tert-OH is 1. The van der Waals surface area contributed by atoms with Crippen LogP contribution in [0.15, 0.2) is 12.7 Å². The lowest BCUT2D eigenvalue weighted by Crippen LogP contribution is -2.46. The van der Waals surface area contributed by atoms with Gasteiger partial charge in [-0.05, 0) is 5.92 Å². The number of cyclic esters (lactones) is 1. The predicted molar refractivity (Wildman–Crippen MR) is 62.2 cm³/mol. The van der Waals surface area contributed by atoms with Crippen LogP contribution in [0.3, 0.4) is 0 Å². The van der Waals surface area contributed by atoms with Crippen molar-refractivity contribution in [2.75, 3.05) is 6.61 Å². The smallest absolute Gasteiger partial charge is 0.416 e. The minimum Gasteiger partial charge on any atom is -0.447 e. The summed E-state index contributed by atoms with van der Waals surface area (Å²) in [5, 5.41) is 9.55. The Bertz CT molecular complexity index is 326. The standard InChI is InChI=1S/C12H19NO4/c1-5-10(14)8(4)11(15)13-9(7(2)3)6-17-12(13)16/h5,7-10,14H,1,6H2,2-4H3. The highest BCUT2D eigenvalue weighted by Gasteiger charge is 2.42. The van der Waals surface area contributed by atoms with Crippen LogP contribution in [-0.2, 0) is 9.53 Å². The predicted octanol–water partition coefficient (Wildman–Crippen LogP) is 1.17. The summed E-state index contributed by atoms with van der Waals surface area (Å²) in [5.41, 5.74) is 0. The first-order valence-corrected chi connectivity index (χ1v) is 5.70. The van der Waals surface area contributed by atoms with E-state index in [4.69, 9.17) is 4.74 Å². The second-order valence-electron chi connectivity index (χ2n) is 4.61. The number of aliphatic hydroxyl groups is 1. The molecule has 1 rings (SSSR count). The van der Waals surface area contributed by atoms with Crippen LogP contribution in [0.2, 0.25) is 0 Å². The first-order valence-electron chi connectivity index (χ1n) is 5.70. The number of amides is 2. The van der Waals surface area contributed by atoms with Crippen LogP contribution in [-0.4, -0.2) is 40.8 Å². The van der Waals surface area contributed by atoms with E-state index in [2.05, 4.69) is 6.58 Å². The van der Waals surface area contributed by atoms with E-state index in [0.717, 1.165) is 4.90 Å². The third-order valence-corrected chi connectivity index (χ3v) is 3.06. The van der Waals surface area contributed by atoms with Crippen molar-refractivity contribution in [3.63, 3.8) is 0 Å². The van der Waals surface area contributed by atoms with Gasteiger partial charge in [0.15, 0.2) is 0 Å². The number of imide groups is 1. The maximum Gasteiger partial charge on any atom is 0.416 e. The van der Waals surface area contributed by atoms with Gasteiger partial charge in [-0.15, -0.1) is 6.58 Å². The molecule has 1 N–H and O–H groups in total. The summed E-state index contributed by atoms with van der Waals surface area (Å²) in [5.74, 6) is -0.989. The third kappa shape index (κ3) is 2.66. The summed E-state index contributed by atoms with van der Waals surface area (Å²) in [7, 11) is 0. The van der Waals surface area contributed by atoms with E-state index in [0.29, 0.717) is 0 Å². The van der Waals surface area contributed by atoms with Crippen molar-refractivity contribution in [2.45, 2.75) is 32.9 Å². The molecular weight excluding hydrogens is 222 g/mol. The Balaban J connectivity index is 2.85. The number of nitrogens with zero attached hydrogens (tertiary/aromatic N) is 1. The zero-order valence-corrected chi connectivity index (χ0v) is 10.4. The lowest BCUT2D eigenvalue weighted by Gasteiger charge is -2.26. The molecule has 3 atom stereocenters. The average Bonchev–Trinajstić information content (AvgIpc) is 2.68. The van der Waals surface area contributed by atoms with E-state index in [1.807, 2.05) is 13.8 Å². The van der Waals surface area contributed by atoms with Gasteiger partial charge in [-0.1, -0.05) is 26.8 Å². The monoisotopic (exact) mass is 241 g/mol. The van der Waals surface area contributed by atoms with Gasteiger partial charge in [-0.25, -0.2) is 9.69 Å². The molecule has 5 heteroatoms. The average molecular weight is 241 g/mol. The molecule has 96 valence electrons. The van der Waals surface area contributed by atoms with Gasteiger partial charge in [-0.2, -0.15) is 0 Å². The van der Waals surface area contributed by atoms with Gasteiger partial charge in [0, 0.05) is 0 Å². The van der Waals surface area contributed by atoms with Crippen LogP contribution < -0.4 is 0 Å². The highest BCUT2D eigenvalue weighted by molar-refractivity contribution is 5.95. The fourth-order valence-electron chi connectivity index (χ4n) is 1.75. The molecule has 0 bridgehead atoms. The van der Waals surface area contributed by atoms with E-state index >= 15 is 0 Å². The van der Waals surface area contributed by atoms with E-state index in [1.54, 1.807) is 6.92 Å². The van der Waals surface area contributed by atoms with Crippen LogP contribution in [0.4, 0.5) is 4.79 Å². The number of hydrogen-bond acceptors (Lipinski definition) is 4. The van der Waals surface area contributed by atoms with Crippen LogP contribution >= 0.6 is 0 Å². The molecule has 1 aliphatic rings. The zero-order chi connectivity index (χ0) is 13.2. The molecule has 0 aliphatic carbocycles. The maximum absolute atomic E-state index is 12.1. The lowest BCUT2D eigenvalue weighted by molar-refractivity contribution is -0.136. The SMILES string of the molecule is C=CC(O)C(C)C(=O)N1C(=O)OCC1C(C)C. The van der Waals surface area contributed by atoms with Crippen LogP contribution in [0.1, 0.15) is 20.8 Å². The van der Waals surface area contributed by atoms with Gasteiger partial charge in [0.05, 0.1) is 18.1 Å². The second-order valence-corrected chi connectivity index (χ2v) is 4.61. The van der Waals surface area contributed by atoms with Gasteiger partial charge in [-0.3, -0.25) is 4.79 Å². The highest BCUT2D eigenvalue weighted by Crippen LogP contribution is 2.22. The Hall–Kier alpha value is -1.36. The van der Waals surface area contributed by atoms with Crippen molar-refractivity contribution in [2.24, 2.45) is 11.8 Å². The number of rotatable bonds is 4. The summed E-state index contributed by atoms with van der Waals surface area (Å²) in [4.78, 5) is 24.7. The van der Waals surface area contributed by atoms with E-state index in [9.17, 15) is 14.7 Å². The first kappa shape index (κ1) is 13.7. The molecule has 1 aliphatic heterocycles. The summed E-state index contributed by atoms with van der Waals surface area (Å²) < 4.78 is 4.88. The van der Waals surface area contributed by atoms with Crippen LogP contribution in [0.25, 0.3) is 0 Å². The molecule has 0 aromatic rings. The van der Waals surface area contributed by atoms with Crippen molar-refractivity contribution in [1.82, 2.24) is 4.90 Å². The number of carbonyl (C=O) groups excluding carboxylic acids is 2. The Labute approximate surface area is 101 Å². The maximum atomic E-state index is 12.1. The van der Waals surface area contributed by atoms with Crippen molar-refractivity contribution < 1.29 is 19.4 Å². The minimum atomic E-state index is -0.955. The largest absolute Gasteiger partial charge is 0.447 e. The van der Waals surface area contributed by atoms with Gasteiger partial charge in [0.25, 0.3) is 0 Å². The minimum absolute atomic E-state index is 0.124. The molecule has 0 aromatic heterocycles. The molecule has 2 amide bonds. The molecule has 5 nitrogen and oxygen atoms in total. The number of hydrogen-bond donors (Lipinski definition) is 1. The van der Waals surface area contributed by atoms with Crippen molar-refractivity contribution in [3.05, 3.63) is 12.7 Å². The van der Waals surface area contributed by atoms with Crippen LogP contribution in [0, 0.1) is 11.8 Å². The van der Waals surface area contributed by atoms with Crippen molar-refractivity contribution >= 4 is 12.0 Å². The molecule has 0 aromatic carbocycles. The Morgan fingerprint density at radius 2 is 2.18 bits per heavy atom. The van der Waals surface area contributed by atoms with Gasteiger partial charge >= 0.3 is 6.09 Å². The number of carbonyl (C=O) groups is 2. The topological polar surface area (TPSA) is 66.8 Å². The fraction of sp³-hybridized carbons (Fsp3) is 0.667. The van der Waals surface area contributed by atoms with Crippen molar-refractivity contribution in [1.29, 1.82) is 0 Å². The first-order chi connectivity index (χ1) is 7.90. The number of ether oxygens (including phenoxy) is 1.